The molecule has 88 valence electrons. The van der Waals surface area contributed by atoms with E-state index in [-0.39, 0.29) is 5.56 Å². The van der Waals surface area contributed by atoms with Crippen molar-refractivity contribution >= 4 is 9.84 Å². The minimum Gasteiger partial charge on any atom is -0.228 e. The van der Waals surface area contributed by atoms with E-state index in [0.717, 1.165) is 18.6 Å². The molecule has 5 heteroatoms. The van der Waals surface area contributed by atoms with Crippen molar-refractivity contribution in [1.82, 2.24) is 0 Å². The lowest BCUT2D eigenvalue weighted by Crippen LogP contribution is -2.30. The molecule has 1 saturated carbocycles. The summed E-state index contributed by atoms with van der Waals surface area (Å²) in [5, 5.41) is -0.411. The Labute approximate surface area is 93.2 Å². The molecule has 16 heavy (non-hydrogen) atoms. The molecule has 0 saturated heterocycles. The van der Waals surface area contributed by atoms with Gasteiger partial charge in [0.25, 0.3) is 0 Å². The molecule has 0 unspecified atom stereocenters. The fourth-order valence-corrected chi connectivity index (χ4v) is 3.68. The van der Waals surface area contributed by atoms with Crippen LogP contribution in [0.4, 0.5) is 8.78 Å². The van der Waals surface area contributed by atoms with E-state index in [2.05, 4.69) is 0 Å². The van der Waals surface area contributed by atoms with Gasteiger partial charge in [-0.05, 0) is 25.0 Å². The van der Waals surface area contributed by atoms with Gasteiger partial charge >= 0.3 is 0 Å². The minimum absolute atomic E-state index is 0.339. The highest BCUT2D eigenvalue weighted by Gasteiger charge is 2.32. The SMILES string of the molecule is O=S(=O)(Cc1c(F)cccc1F)C1CCC1. The minimum atomic E-state index is -3.40. The molecular formula is C11H12F2O2S. The van der Waals surface area contributed by atoms with Gasteiger partial charge in [-0.2, -0.15) is 0 Å². The van der Waals surface area contributed by atoms with E-state index in [4.69, 9.17) is 0 Å². The molecule has 0 amide bonds. The number of sulfone groups is 1. The average molecular weight is 246 g/mol. The van der Waals surface area contributed by atoms with E-state index in [1.54, 1.807) is 0 Å². The van der Waals surface area contributed by atoms with Crippen LogP contribution in [-0.4, -0.2) is 13.7 Å². The van der Waals surface area contributed by atoms with Gasteiger partial charge in [0.05, 0.1) is 11.0 Å². The first-order valence-corrected chi connectivity index (χ1v) is 6.87. The Hall–Kier alpha value is -0.970. The van der Waals surface area contributed by atoms with Gasteiger partial charge in [0.2, 0.25) is 0 Å². The number of rotatable bonds is 3. The molecule has 0 bridgehead atoms. The predicted octanol–water partition coefficient (Wildman–Crippen LogP) is 2.43. The van der Waals surface area contributed by atoms with Crippen molar-refractivity contribution in [3.8, 4) is 0 Å². The second-order valence-corrected chi connectivity index (χ2v) is 6.34. The molecule has 2 rings (SSSR count). The van der Waals surface area contributed by atoms with E-state index in [1.807, 2.05) is 0 Å². The maximum Gasteiger partial charge on any atom is 0.157 e. The Kier molecular flexibility index (Phi) is 2.97. The van der Waals surface area contributed by atoms with Crippen LogP contribution in [0.25, 0.3) is 0 Å². The molecule has 0 N–H and O–H groups in total. The monoisotopic (exact) mass is 246 g/mol. The fraction of sp³-hybridized carbons (Fsp3) is 0.455. The first kappa shape index (κ1) is 11.5. The molecule has 1 aromatic rings. The summed E-state index contributed by atoms with van der Waals surface area (Å²) < 4.78 is 50.0. The largest absolute Gasteiger partial charge is 0.228 e. The zero-order chi connectivity index (χ0) is 11.8. The van der Waals surface area contributed by atoms with Gasteiger partial charge in [0.1, 0.15) is 11.6 Å². The van der Waals surface area contributed by atoms with Crippen LogP contribution in [0.1, 0.15) is 24.8 Å². The molecule has 0 radical (unpaired) electrons. The number of benzene rings is 1. The Morgan fingerprint density at radius 3 is 2.19 bits per heavy atom. The van der Waals surface area contributed by atoms with Crippen LogP contribution in [-0.2, 0) is 15.6 Å². The molecule has 1 aromatic carbocycles. The Balaban J connectivity index is 2.26. The molecule has 0 aliphatic heterocycles. The lowest BCUT2D eigenvalue weighted by molar-refractivity contribution is 0.474. The summed E-state index contributed by atoms with van der Waals surface area (Å²) in [5.74, 6) is -2.11. The maximum atomic E-state index is 13.3. The van der Waals surface area contributed by atoms with E-state index >= 15 is 0 Å². The van der Waals surface area contributed by atoms with Crippen molar-refractivity contribution in [3.05, 3.63) is 35.4 Å². The van der Waals surface area contributed by atoms with Gasteiger partial charge < -0.3 is 0 Å². The zero-order valence-corrected chi connectivity index (χ0v) is 9.43. The van der Waals surface area contributed by atoms with Crippen molar-refractivity contribution in [2.45, 2.75) is 30.3 Å². The van der Waals surface area contributed by atoms with Gasteiger partial charge in [0.15, 0.2) is 9.84 Å². The fourth-order valence-electron chi connectivity index (χ4n) is 1.72. The molecule has 0 aromatic heterocycles. The molecule has 0 heterocycles. The summed E-state index contributed by atoms with van der Waals surface area (Å²) in [6, 6.07) is 3.38. The summed E-state index contributed by atoms with van der Waals surface area (Å²) in [5.41, 5.74) is -0.339. The van der Waals surface area contributed by atoms with Crippen LogP contribution in [0, 0.1) is 11.6 Å². The van der Waals surface area contributed by atoms with Crippen molar-refractivity contribution in [1.29, 1.82) is 0 Å². The highest BCUT2D eigenvalue weighted by atomic mass is 32.2. The zero-order valence-electron chi connectivity index (χ0n) is 8.62. The van der Waals surface area contributed by atoms with Gasteiger partial charge in [-0.3, -0.25) is 0 Å². The second-order valence-electron chi connectivity index (χ2n) is 4.06. The second kappa shape index (κ2) is 4.13. The topological polar surface area (TPSA) is 34.1 Å². The number of hydrogen-bond donors (Lipinski definition) is 0. The first-order valence-electron chi connectivity index (χ1n) is 5.15. The van der Waals surface area contributed by atoms with Crippen molar-refractivity contribution in [3.63, 3.8) is 0 Å². The van der Waals surface area contributed by atoms with Crippen molar-refractivity contribution < 1.29 is 17.2 Å². The van der Waals surface area contributed by atoms with E-state index in [9.17, 15) is 17.2 Å². The average Bonchev–Trinajstić information content (AvgIpc) is 2.08. The Morgan fingerprint density at radius 1 is 1.19 bits per heavy atom. The van der Waals surface area contributed by atoms with E-state index in [1.165, 1.54) is 6.07 Å². The van der Waals surface area contributed by atoms with Gasteiger partial charge in [-0.1, -0.05) is 12.5 Å². The van der Waals surface area contributed by atoms with E-state index < -0.39 is 32.5 Å². The van der Waals surface area contributed by atoms with Crippen molar-refractivity contribution in [2.75, 3.05) is 0 Å². The maximum absolute atomic E-state index is 13.3. The molecule has 1 aliphatic rings. The van der Waals surface area contributed by atoms with Crippen molar-refractivity contribution in [2.24, 2.45) is 0 Å². The first-order chi connectivity index (χ1) is 7.50. The highest BCUT2D eigenvalue weighted by Crippen LogP contribution is 2.29. The molecule has 1 fully saturated rings. The van der Waals surface area contributed by atoms with Crippen LogP contribution in [0.2, 0.25) is 0 Å². The number of hydrogen-bond acceptors (Lipinski definition) is 2. The molecule has 0 atom stereocenters. The Bertz CT molecular complexity index is 472. The smallest absolute Gasteiger partial charge is 0.157 e. The van der Waals surface area contributed by atoms with Gasteiger partial charge in [-0.15, -0.1) is 0 Å². The normalized spacial score (nSPS) is 17.1. The quantitative estimate of drug-likeness (QED) is 0.820. The third kappa shape index (κ3) is 2.09. The highest BCUT2D eigenvalue weighted by molar-refractivity contribution is 7.91. The summed E-state index contributed by atoms with van der Waals surface area (Å²) in [7, 11) is -3.40. The molecule has 2 nitrogen and oxygen atoms in total. The van der Waals surface area contributed by atoms with Gasteiger partial charge in [0, 0.05) is 5.56 Å². The van der Waals surface area contributed by atoms with E-state index in [0.29, 0.717) is 12.8 Å². The van der Waals surface area contributed by atoms with Gasteiger partial charge in [-0.25, -0.2) is 17.2 Å². The predicted molar refractivity (Wildman–Crippen MR) is 56.6 cm³/mol. The third-order valence-electron chi connectivity index (χ3n) is 2.97. The summed E-state index contributed by atoms with van der Waals surface area (Å²) >= 11 is 0. The summed E-state index contributed by atoms with van der Waals surface area (Å²) in [4.78, 5) is 0. The van der Waals surface area contributed by atoms with Crippen LogP contribution < -0.4 is 0 Å². The van der Waals surface area contributed by atoms with Crippen LogP contribution in [0.3, 0.4) is 0 Å². The molecule has 0 spiro atoms. The molecular weight excluding hydrogens is 234 g/mol. The summed E-state index contributed by atoms with van der Waals surface area (Å²) in [6.45, 7) is 0. The Morgan fingerprint density at radius 2 is 1.75 bits per heavy atom. The third-order valence-corrected chi connectivity index (χ3v) is 5.15. The standard InChI is InChI=1S/C11H12F2O2S/c12-10-5-2-6-11(13)9(10)7-16(14,15)8-3-1-4-8/h2,5-6,8H,1,3-4,7H2. The lowest BCUT2D eigenvalue weighted by atomic mass is 10.00. The molecule has 1 aliphatic carbocycles. The summed E-state index contributed by atoms with van der Waals surface area (Å²) in [6.07, 6.45) is 2.10. The van der Waals surface area contributed by atoms with Crippen LogP contribution in [0.15, 0.2) is 18.2 Å². The van der Waals surface area contributed by atoms with Crippen LogP contribution >= 0.6 is 0 Å². The van der Waals surface area contributed by atoms with Crippen LogP contribution in [0.5, 0.6) is 0 Å². The number of halogens is 2. The lowest BCUT2D eigenvalue weighted by Gasteiger charge is -2.25.